The van der Waals surface area contributed by atoms with Gasteiger partial charge in [0.25, 0.3) is 5.91 Å². The topological polar surface area (TPSA) is 89.5 Å². The molecule has 1 aromatic carbocycles. The molecule has 0 aliphatic rings. The van der Waals surface area contributed by atoms with Crippen LogP contribution in [-0.4, -0.2) is 23.5 Å². The first kappa shape index (κ1) is 21.0. The number of hydrogen-bond acceptors (Lipinski definition) is 4. The van der Waals surface area contributed by atoms with Crippen molar-refractivity contribution >= 4 is 11.9 Å². The number of phenols is 1. The van der Waals surface area contributed by atoms with Gasteiger partial charge in [-0.15, -0.1) is 0 Å². The molecule has 116 valence electrons. The van der Waals surface area contributed by atoms with Crippen LogP contribution >= 0.6 is 0 Å². The number of nitrogens with one attached hydrogen (secondary N) is 1. The first-order chi connectivity index (χ1) is 10.0. The predicted molar refractivity (Wildman–Crippen MR) is 77.9 cm³/mol. The fraction of sp³-hybridized carbons (Fsp3) is 0.500. The van der Waals surface area contributed by atoms with Gasteiger partial charge in [-0.05, 0) is 37.8 Å². The van der Waals surface area contributed by atoms with Crippen molar-refractivity contribution in [3.63, 3.8) is 0 Å². The van der Waals surface area contributed by atoms with Crippen LogP contribution < -0.4 is 40.0 Å². The zero-order chi connectivity index (χ0) is 15.7. The number of carboxylic acid groups (broad SMARTS) is 1. The van der Waals surface area contributed by atoms with Crippen LogP contribution in [0, 0.1) is 6.92 Å². The van der Waals surface area contributed by atoms with Crippen LogP contribution in [0.4, 0.5) is 0 Å². The summed E-state index contributed by atoms with van der Waals surface area (Å²) >= 11 is 0. The minimum Gasteiger partial charge on any atom is -0.550 e. The molecule has 0 heterocycles. The molecule has 6 heteroatoms. The maximum Gasteiger partial charge on any atom is 1.00 e. The average Bonchev–Trinajstić information content (AvgIpc) is 2.44. The van der Waals surface area contributed by atoms with Gasteiger partial charge in [-0.3, -0.25) is 4.79 Å². The summed E-state index contributed by atoms with van der Waals surface area (Å²) in [6, 6.07) is 5.08. The number of carbonyl (C=O) groups is 2. The molecule has 1 aromatic rings. The third kappa shape index (κ3) is 7.82. The molecule has 0 radical (unpaired) electrons. The van der Waals surface area contributed by atoms with Crippen molar-refractivity contribution in [1.82, 2.24) is 5.32 Å². The van der Waals surface area contributed by atoms with Crippen molar-refractivity contribution in [2.24, 2.45) is 0 Å². The van der Waals surface area contributed by atoms with Crippen molar-refractivity contribution < 1.29 is 49.4 Å². The van der Waals surface area contributed by atoms with Crippen LogP contribution in [0.2, 0.25) is 0 Å². The number of aryl methyl sites for hydroxylation is 1. The number of phenolic OH excluding ortho intramolecular Hbond substituents is 1. The number of hydrogen-bond donors (Lipinski definition) is 2. The number of benzene rings is 1. The van der Waals surface area contributed by atoms with Crippen molar-refractivity contribution in [3.05, 3.63) is 29.3 Å². The molecule has 0 unspecified atom stereocenters. The summed E-state index contributed by atoms with van der Waals surface area (Å²) in [5.74, 6) is -1.24. The zero-order valence-electron chi connectivity index (χ0n) is 13.4. The van der Waals surface area contributed by atoms with Crippen LogP contribution in [-0.2, 0) is 4.79 Å². The predicted octanol–water partition coefficient (Wildman–Crippen LogP) is -1.48. The number of carbonyl (C=O) groups excluding carboxylic acids is 2. The zero-order valence-corrected chi connectivity index (χ0v) is 15.4. The maximum absolute atomic E-state index is 11.9. The first-order valence-corrected chi connectivity index (χ1v) is 7.29. The standard InChI is InChI=1S/C16H23NO4.Na/c1-12-8-7-9-13(15(12)20)16(21)17-11-6-4-2-3-5-10-14(18)19;/h7-9,20H,2-6,10-11H2,1H3,(H,17,21)(H,18,19);/q;+1/p-1. The largest absolute Gasteiger partial charge is 1.00 e. The Kier molecular flexibility index (Phi) is 11.0. The number of rotatable bonds is 9. The second-order valence-electron chi connectivity index (χ2n) is 5.12. The van der Waals surface area contributed by atoms with Crippen LogP contribution in [0.15, 0.2) is 18.2 Å². The van der Waals surface area contributed by atoms with E-state index in [0.717, 1.165) is 25.7 Å². The van der Waals surface area contributed by atoms with Gasteiger partial charge in [-0.2, -0.15) is 0 Å². The summed E-state index contributed by atoms with van der Waals surface area (Å²) in [7, 11) is 0. The Morgan fingerprint density at radius 2 is 1.77 bits per heavy atom. The van der Waals surface area contributed by atoms with Gasteiger partial charge in [0.2, 0.25) is 0 Å². The van der Waals surface area contributed by atoms with Gasteiger partial charge in [0.05, 0.1) is 5.56 Å². The van der Waals surface area contributed by atoms with E-state index in [2.05, 4.69) is 5.32 Å². The Morgan fingerprint density at radius 3 is 2.45 bits per heavy atom. The van der Waals surface area contributed by atoms with E-state index in [9.17, 15) is 19.8 Å². The minimum absolute atomic E-state index is 0. The normalized spacial score (nSPS) is 9.86. The number of aliphatic carboxylic acids is 1. The number of carboxylic acids is 1. The molecule has 0 saturated heterocycles. The van der Waals surface area contributed by atoms with E-state index in [1.807, 2.05) is 0 Å². The van der Waals surface area contributed by atoms with Crippen LogP contribution in [0.1, 0.15) is 54.4 Å². The van der Waals surface area contributed by atoms with Crippen molar-refractivity contribution in [2.75, 3.05) is 6.54 Å². The van der Waals surface area contributed by atoms with Crippen LogP contribution in [0.3, 0.4) is 0 Å². The molecule has 0 bridgehead atoms. The van der Waals surface area contributed by atoms with Crippen LogP contribution in [0.5, 0.6) is 5.75 Å². The Labute approximate surface area is 153 Å². The van der Waals surface area contributed by atoms with Crippen molar-refractivity contribution in [1.29, 1.82) is 0 Å². The number of amides is 1. The molecule has 0 aliphatic heterocycles. The van der Waals surface area contributed by atoms with Crippen LogP contribution in [0.25, 0.3) is 0 Å². The van der Waals surface area contributed by atoms with E-state index in [0.29, 0.717) is 24.1 Å². The molecule has 0 fully saturated rings. The molecule has 0 spiro atoms. The number of aromatic hydroxyl groups is 1. The molecular formula is C16H22NNaO4. The van der Waals surface area contributed by atoms with Gasteiger partial charge in [-0.1, -0.05) is 31.4 Å². The van der Waals surface area contributed by atoms with Crippen molar-refractivity contribution in [2.45, 2.75) is 45.4 Å². The van der Waals surface area contributed by atoms with E-state index < -0.39 is 5.97 Å². The van der Waals surface area contributed by atoms with Gasteiger partial charge in [0.15, 0.2) is 0 Å². The SMILES string of the molecule is Cc1cccc(C(=O)NCCCCCCCC(=O)[O-])c1O.[Na+]. The molecule has 2 N–H and O–H groups in total. The summed E-state index contributed by atoms with van der Waals surface area (Å²) < 4.78 is 0. The summed E-state index contributed by atoms with van der Waals surface area (Å²) in [5.41, 5.74) is 0.972. The molecule has 0 aliphatic carbocycles. The molecule has 22 heavy (non-hydrogen) atoms. The Hall–Kier alpha value is -1.04. The molecule has 5 nitrogen and oxygen atoms in total. The van der Waals surface area contributed by atoms with E-state index in [-0.39, 0.29) is 47.6 Å². The number of unbranched alkanes of at least 4 members (excludes halogenated alkanes) is 4. The van der Waals surface area contributed by atoms with Gasteiger partial charge >= 0.3 is 29.6 Å². The molecule has 1 amide bonds. The van der Waals surface area contributed by atoms with Gasteiger partial charge < -0.3 is 20.3 Å². The van der Waals surface area contributed by atoms with E-state index >= 15 is 0 Å². The molecule has 0 atom stereocenters. The third-order valence-corrected chi connectivity index (χ3v) is 3.33. The maximum atomic E-state index is 11.9. The monoisotopic (exact) mass is 315 g/mol. The van der Waals surface area contributed by atoms with E-state index in [4.69, 9.17) is 0 Å². The van der Waals surface area contributed by atoms with Gasteiger partial charge in [0, 0.05) is 12.5 Å². The molecule has 0 saturated carbocycles. The smallest absolute Gasteiger partial charge is 0.550 e. The molecule has 0 aromatic heterocycles. The second-order valence-corrected chi connectivity index (χ2v) is 5.12. The van der Waals surface area contributed by atoms with Gasteiger partial charge in [-0.25, -0.2) is 0 Å². The minimum atomic E-state index is -1.000. The van der Waals surface area contributed by atoms with Gasteiger partial charge in [0.1, 0.15) is 5.75 Å². The summed E-state index contributed by atoms with van der Waals surface area (Å²) in [6.07, 6.45) is 4.34. The quantitative estimate of drug-likeness (QED) is 0.430. The average molecular weight is 315 g/mol. The third-order valence-electron chi connectivity index (χ3n) is 3.33. The first-order valence-electron chi connectivity index (χ1n) is 7.29. The molecule has 1 rings (SSSR count). The Morgan fingerprint density at radius 1 is 1.14 bits per heavy atom. The van der Waals surface area contributed by atoms with E-state index in [1.165, 1.54) is 0 Å². The molecular weight excluding hydrogens is 293 g/mol. The summed E-state index contributed by atoms with van der Waals surface area (Å²) in [6.45, 7) is 2.30. The van der Waals surface area contributed by atoms with E-state index in [1.54, 1.807) is 25.1 Å². The second kappa shape index (κ2) is 11.5. The Bertz CT molecular complexity index is 491. The van der Waals surface area contributed by atoms with Crippen molar-refractivity contribution in [3.8, 4) is 5.75 Å². The summed E-state index contributed by atoms with van der Waals surface area (Å²) in [4.78, 5) is 22.1. The fourth-order valence-electron chi connectivity index (χ4n) is 2.06. The fourth-order valence-corrected chi connectivity index (χ4v) is 2.06. The summed E-state index contributed by atoms with van der Waals surface area (Å²) in [5, 5.41) is 22.8. The Balaban J connectivity index is 0.00000441. The number of para-hydroxylation sites is 1.